The van der Waals surface area contributed by atoms with E-state index in [1.807, 2.05) is 0 Å². The molecule has 2 aromatic rings. The molecule has 0 radical (unpaired) electrons. The van der Waals surface area contributed by atoms with Crippen LogP contribution in [0.4, 0.5) is 0 Å². The summed E-state index contributed by atoms with van der Waals surface area (Å²) in [6, 6.07) is 21.6. The molecule has 2 aromatic carbocycles. The lowest BCUT2D eigenvalue weighted by Gasteiger charge is -2.23. The van der Waals surface area contributed by atoms with Gasteiger partial charge in [0.1, 0.15) is 0 Å². The quantitative estimate of drug-likeness (QED) is 0.647. The van der Waals surface area contributed by atoms with E-state index in [4.69, 9.17) is 0 Å². The van der Waals surface area contributed by atoms with Gasteiger partial charge in [-0.25, -0.2) is 0 Å². The summed E-state index contributed by atoms with van der Waals surface area (Å²) in [5.41, 5.74) is 8.64. The van der Waals surface area contributed by atoms with Crippen molar-refractivity contribution in [3.63, 3.8) is 0 Å². The number of allylic oxidation sites excluding steroid dienone is 4. The van der Waals surface area contributed by atoms with Crippen molar-refractivity contribution in [2.75, 3.05) is 0 Å². The highest BCUT2D eigenvalue weighted by molar-refractivity contribution is 5.83. The summed E-state index contributed by atoms with van der Waals surface area (Å²) >= 11 is 0. The summed E-state index contributed by atoms with van der Waals surface area (Å²) in [5.74, 6) is 0. The fraction of sp³-hybridized carbons (Fsp3) is 0.200. The molecule has 0 fully saturated rings. The molecule has 0 spiro atoms. The lowest BCUT2D eigenvalue weighted by atomic mass is 9.81. The van der Waals surface area contributed by atoms with Gasteiger partial charge in [-0.2, -0.15) is 0 Å². The molecule has 0 amide bonds. The molecule has 0 saturated heterocycles. The molecular weight excluding hydrogens is 240 g/mol. The lowest BCUT2D eigenvalue weighted by molar-refractivity contribution is 1.03. The van der Waals surface area contributed by atoms with Gasteiger partial charge in [0.05, 0.1) is 0 Å². The Morgan fingerprint density at radius 1 is 0.550 bits per heavy atom. The third kappa shape index (κ3) is 2.34. The second kappa shape index (κ2) is 5.50. The van der Waals surface area contributed by atoms with Gasteiger partial charge in [-0.3, -0.25) is 0 Å². The standard InChI is InChI=1S/C20H20/c1-15-16(2)20(18-11-7-4-8-12-18)14-13-19(15)17-9-5-3-6-10-17/h3-12H,13-14H2,1-2H3. The van der Waals surface area contributed by atoms with Crippen LogP contribution in [-0.4, -0.2) is 0 Å². The summed E-state index contributed by atoms with van der Waals surface area (Å²) in [6.07, 6.45) is 2.27. The van der Waals surface area contributed by atoms with Crippen LogP contribution in [0, 0.1) is 0 Å². The van der Waals surface area contributed by atoms with Gasteiger partial charge in [-0.15, -0.1) is 0 Å². The summed E-state index contributed by atoms with van der Waals surface area (Å²) in [6.45, 7) is 4.53. The topological polar surface area (TPSA) is 0 Å². The highest BCUT2D eigenvalue weighted by atomic mass is 14.2. The van der Waals surface area contributed by atoms with Crippen molar-refractivity contribution in [3.8, 4) is 0 Å². The Bertz CT molecular complexity index is 596. The van der Waals surface area contributed by atoms with Crippen molar-refractivity contribution in [1.82, 2.24) is 0 Å². The molecule has 100 valence electrons. The van der Waals surface area contributed by atoms with Crippen LogP contribution in [0.1, 0.15) is 37.8 Å². The molecule has 0 atom stereocenters. The zero-order valence-corrected chi connectivity index (χ0v) is 12.2. The number of hydrogen-bond donors (Lipinski definition) is 0. The number of benzene rings is 2. The minimum Gasteiger partial charge on any atom is -0.0622 e. The van der Waals surface area contributed by atoms with Crippen LogP contribution in [0.15, 0.2) is 71.8 Å². The fourth-order valence-corrected chi connectivity index (χ4v) is 3.08. The third-order valence-electron chi connectivity index (χ3n) is 4.34. The maximum Gasteiger partial charge on any atom is -0.0222 e. The van der Waals surface area contributed by atoms with Gasteiger partial charge in [0.2, 0.25) is 0 Å². The van der Waals surface area contributed by atoms with E-state index in [1.54, 1.807) is 0 Å². The number of rotatable bonds is 2. The summed E-state index contributed by atoms with van der Waals surface area (Å²) in [7, 11) is 0. The smallest absolute Gasteiger partial charge is 0.0222 e. The second-order valence-electron chi connectivity index (χ2n) is 5.44. The summed E-state index contributed by atoms with van der Waals surface area (Å²) < 4.78 is 0. The van der Waals surface area contributed by atoms with Crippen LogP contribution in [0.2, 0.25) is 0 Å². The minimum absolute atomic E-state index is 1.14. The average molecular weight is 260 g/mol. The van der Waals surface area contributed by atoms with Crippen LogP contribution >= 0.6 is 0 Å². The van der Waals surface area contributed by atoms with E-state index < -0.39 is 0 Å². The maximum atomic E-state index is 2.26. The van der Waals surface area contributed by atoms with Gasteiger partial charge in [-0.05, 0) is 60.1 Å². The Hall–Kier alpha value is -2.08. The molecule has 0 heteroatoms. The minimum atomic E-state index is 1.14. The van der Waals surface area contributed by atoms with E-state index in [-0.39, 0.29) is 0 Å². The van der Waals surface area contributed by atoms with Crippen molar-refractivity contribution in [2.45, 2.75) is 26.7 Å². The number of hydrogen-bond acceptors (Lipinski definition) is 0. The van der Waals surface area contributed by atoms with Gasteiger partial charge in [0.15, 0.2) is 0 Å². The first-order chi connectivity index (χ1) is 9.77. The molecule has 1 aliphatic rings. The fourth-order valence-electron chi connectivity index (χ4n) is 3.08. The average Bonchev–Trinajstić information content (AvgIpc) is 2.52. The van der Waals surface area contributed by atoms with Crippen molar-refractivity contribution in [3.05, 3.63) is 82.9 Å². The zero-order valence-electron chi connectivity index (χ0n) is 12.2. The first kappa shape index (κ1) is 12.9. The molecule has 0 saturated carbocycles. The Morgan fingerprint density at radius 3 is 1.25 bits per heavy atom. The molecule has 0 nitrogen and oxygen atoms in total. The Labute approximate surface area is 121 Å². The summed E-state index contributed by atoms with van der Waals surface area (Å²) in [4.78, 5) is 0. The van der Waals surface area contributed by atoms with E-state index in [0.717, 1.165) is 12.8 Å². The third-order valence-corrected chi connectivity index (χ3v) is 4.34. The molecule has 0 heterocycles. The molecule has 3 rings (SSSR count). The second-order valence-corrected chi connectivity index (χ2v) is 5.44. The van der Waals surface area contributed by atoms with Gasteiger partial charge < -0.3 is 0 Å². The van der Waals surface area contributed by atoms with E-state index in [1.165, 1.54) is 33.4 Å². The van der Waals surface area contributed by atoms with Gasteiger partial charge in [0, 0.05) is 0 Å². The lowest BCUT2D eigenvalue weighted by Crippen LogP contribution is -2.02. The van der Waals surface area contributed by atoms with Crippen molar-refractivity contribution < 1.29 is 0 Å². The van der Waals surface area contributed by atoms with Crippen molar-refractivity contribution in [1.29, 1.82) is 0 Å². The Kier molecular flexibility index (Phi) is 3.56. The molecule has 0 aliphatic heterocycles. The predicted molar refractivity (Wildman–Crippen MR) is 87.3 cm³/mol. The van der Waals surface area contributed by atoms with Crippen LogP contribution in [0.3, 0.4) is 0 Å². The van der Waals surface area contributed by atoms with E-state index >= 15 is 0 Å². The van der Waals surface area contributed by atoms with E-state index in [2.05, 4.69) is 74.5 Å². The largest absolute Gasteiger partial charge is 0.0622 e. The monoisotopic (exact) mass is 260 g/mol. The van der Waals surface area contributed by atoms with Gasteiger partial charge in [0.25, 0.3) is 0 Å². The molecular formula is C20H20. The molecule has 0 N–H and O–H groups in total. The Balaban J connectivity index is 2.06. The highest BCUT2D eigenvalue weighted by Gasteiger charge is 2.17. The Morgan fingerprint density at radius 2 is 0.900 bits per heavy atom. The van der Waals surface area contributed by atoms with Crippen LogP contribution in [0.5, 0.6) is 0 Å². The van der Waals surface area contributed by atoms with Crippen molar-refractivity contribution in [2.24, 2.45) is 0 Å². The summed E-state index contributed by atoms with van der Waals surface area (Å²) in [5, 5.41) is 0. The zero-order chi connectivity index (χ0) is 13.9. The van der Waals surface area contributed by atoms with Gasteiger partial charge in [-0.1, -0.05) is 60.7 Å². The first-order valence-corrected chi connectivity index (χ1v) is 7.28. The molecule has 0 unspecified atom stereocenters. The molecule has 0 bridgehead atoms. The maximum absolute atomic E-state index is 2.26. The first-order valence-electron chi connectivity index (χ1n) is 7.28. The van der Waals surface area contributed by atoms with Crippen LogP contribution in [0.25, 0.3) is 11.1 Å². The van der Waals surface area contributed by atoms with E-state index in [0.29, 0.717) is 0 Å². The van der Waals surface area contributed by atoms with Crippen LogP contribution in [-0.2, 0) is 0 Å². The molecule has 20 heavy (non-hydrogen) atoms. The van der Waals surface area contributed by atoms with Crippen LogP contribution < -0.4 is 0 Å². The van der Waals surface area contributed by atoms with Crippen molar-refractivity contribution >= 4 is 11.1 Å². The molecule has 1 aliphatic carbocycles. The highest BCUT2D eigenvalue weighted by Crippen LogP contribution is 2.39. The predicted octanol–water partition coefficient (Wildman–Crippen LogP) is 5.73. The SMILES string of the molecule is CC1=C(c2ccccc2)CCC(c2ccccc2)=C1C. The molecule has 0 aromatic heterocycles. The van der Waals surface area contributed by atoms with E-state index in [9.17, 15) is 0 Å². The normalized spacial score (nSPS) is 15.7. The van der Waals surface area contributed by atoms with Gasteiger partial charge >= 0.3 is 0 Å².